The van der Waals surface area contributed by atoms with Gasteiger partial charge in [-0.05, 0) is 56.3 Å². The van der Waals surface area contributed by atoms with Gasteiger partial charge in [-0.2, -0.15) is 5.10 Å². The fourth-order valence-corrected chi connectivity index (χ4v) is 3.19. The summed E-state index contributed by atoms with van der Waals surface area (Å²) in [6, 6.07) is 16.2. The highest BCUT2D eigenvalue weighted by atomic mass is 16.5. The summed E-state index contributed by atoms with van der Waals surface area (Å²) in [5.74, 6) is -1.07. The van der Waals surface area contributed by atoms with Crippen molar-refractivity contribution in [3.63, 3.8) is 0 Å². The van der Waals surface area contributed by atoms with Gasteiger partial charge in [0.25, 0.3) is 0 Å². The molecule has 1 aromatic heterocycles. The second-order valence-electron chi connectivity index (χ2n) is 8.98. The summed E-state index contributed by atoms with van der Waals surface area (Å²) in [5, 5.41) is 7.34. The first-order chi connectivity index (χ1) is 16.1. The van der Waals surface area contributed by atoms with Gasteiger partial charge in [0.15, 0.2) is 12.4 Å². The molecular weight excluding hydrogens is 430 g/mol. The van der Waals surface area contributed by atoms with E-state index in [9.17, 15) is 14.4 Å². The lowest BCUT2D eigenvalue weighted by Gasteiger charge is -2.17. The molecule has 34 heavy (non-hydrogen) atoms. The number of hydrogen-bond acceptors (Lipinski definition) is 5. The van der Waals surface area contributed by atoms with Crippen molar-refractivity contribution in [2.75, 3.05) is 11.9 Å². The second-order valence-corrected chi connectivity index (χ2v) is 8.98. The van der Waals surface area contributed by atoms with Crippen LogP contribution in [0.1, 0.15) is 48.1 Å². The molecule has 0 saturated carbocycles. The number of carbonyl (C=O) groups excluding carboxylic acids is 3. The predicted octanol–water partition coefficient (Wildman–Crippen LogP) is 4.91. The highest BCUT2D eigenvalue weighted by molar-refractivity contribution is 6.00. The predicted molar refractivity (Wildman–Crippen MR) is 132 cm³/mol. The minimum absolute atomic E-state index is 0.118. The SMILES string of the molecule is Cc1nn(-c2ccccc2)c(C)c1/C=C/C(=O)OCC(=O)c1ccc(NC(=O)C(C)(C)C)cc1. The van der Waals surface area contributed by atoms with Crippen LogP contribution in [0.4, 0.5) is 5.69 Å². The van der Waals surface area contributed by atoms with Crippen LogP contribution in [0.5, 0.6) is 0 Å². The van der Waals surface area contributed by atoms with E-state index in [1.165, 1.54) is 6.08 Å². The molecule has 0 aliphatic rings. The van der Waals surface area contributed by atoms with Gasteiger partial charge < -0.3 is 10.1 Å². The summed E-state index contributed by atoms with van der Waals surface area (Å²) in [7, 11) is 0. The van der Waals surface area contributed by atoms with Gasteiger partial charge >= 0.3 is 5.97 Å². The zero-order valence-corrected chi connectivity index (χ0v) is 20.1. The number of rotatable bonds is 7. The summed E-state index contributed by atoms with van der Waals surface area (Å²) in [6.45, 7) is 8.88. The van der Waals surface area contributed by atoms with Gasteiger partial charge in [0.05, 0.1) is 11.4 Å². The molecule has 0 unspecified atom stereocenters. The molecule has 176 valence electrons. The van der Waals surface area contributed by atoms with Crippen LogP contribution in [0.3, 0.4) is 0 Å². The van der Waals surface area contributed by atoms with E-state index in [0.717, 1.165) is 22.6 Å². The Morgan fingerprint density at radius 2 is 1.65 bits per heavy atom. The van der Waals surface area contributed by atoms with E-state index in [1.54, 1.807) is 30.3 Å². The molecule has 0 saturated heterocycles. The normalized spacial score (nSPS) is 11.4. The number of Topliss-reactive ketones (excluding diaryl/α,β-unsaturated/α-hetero) is 1. The van der Waals surface area contributed by atoms with Gasteiger partial charge in [-0.15, -0.1) is 0 Å². The molecule has 1 N–H and O–H groups in total. The Hall–Kier alpha value is -4.00. The van der Waals surface area contributed by atoms with E-state index < -0.39 is 11.4 Å². The van der Waals surface area contributed by atoms with Crippen molar-refractivity contribution in [1.82, 2.24) is 9.78 Å². The minimum Gasteiger partial charge on any atom is -0.454 e. The van der Waals surface area contributed by atoms with Crippen LogP contribution in [-0.2, 0) is 14.3 Å². The van der Waals surface area contributed by atoms with Crippen molar-refractivity contribution in [2.45, 2.75) is 34.6 Å². The van der Waals surface area contributed by atoms with E-state index in [2.05, 4.69) is 10.4 Å². The molecule has 7 heteroatoms. The Bertz CT molecular complexity index is 1220. The van der Waals surface area contributed by atoms with Crippen molar-refractivity contribution in [3.05, 3.63) is 83.2 Å². The number of ether oxygens (including phenoxy) is 1. The number of nitrogens with one attached hydrogen (secondary N) is 1. The molecule has 0 bridgehead atoms. The van der Waals surface area contributed by atoms with Gasteiger partial charge in [-0.3, -0.25) is 9.59 Å². The molecule has 0 radical (unpaired) electrons. The van der Waals surface area contributed by atoms with Gasteiger partial charge in [-0.1, -0.05) is 39.0 Å². The van der Waals surface area contributed by atoms with Crippen molar-refractivity contribution < 1.29 is 19.1 Å². The van der Waals surface area contributed by atoms with Gasteiger partial charge in [-0.25, -0.2) is 9.48 Å². The fraction of sp³-hybridized carbons (Fsp3) is 0.259. The Labute approximate surface area is 199 Å². The number of para-hydroxylation sites is 1. The van der Waals surface area contributed by atoms with Crippen LogP contribution >= 0.6 is 0 Å². The second kappa shape index (κ2) is 10.3. The Morgan fingerprint density at radius 3 is 2.26 bits per heavy atom. The monoisotopic (exact) mass is 459 g/mol. The minimum atomic E-state index is -0.617. The van der Waals surface area contributed by atoms with E-state index in [-0.39, 0.29) is 18.3 Å². The molecule has 0 atom stereocenters. The fourth-order valence-electron chi connectivity index (χ4n) is 3.19. The Kier molecular flexibility index (Phi) is 7.46. The summed E-state index contributed by atoms with van der Waals surface area (Å²) < 4.78 is 6.94. The quantitative estimate of drug-likeness (QED) is 0.308. The zero-order chi connectivity index (χ0) is 24.9. The van der Waals surface area contributed by atoms with E-state index in [4.69, 9.17) is 4.74 Å². The van der Waals surface area contributed by atoms with E-state index in [0.29, 0.717) is 11.3 Å². The average Bonchev–Trinajstić information content (AvgIpc) is 3.09. The molecular formula is C27H29N3O4. The van der Waals surface area contributed by atoms with Gasteiger partial charge in [0.2, 0.25) is 5.91 Å². The molecule has 7 nitrogen and oxygen atoms in total. The van der Waals surface area contributed by atoms with Crippen molar-refractivity contribution >= 4 is 29.4 Å². The molecule has 3 aromatic rings. The lowest BCUT2D eigenvalue weighted by atomic mass is 9.95. The van der Waals surface area contributed by atoms with Gasteiger partial charge in [0, 0.05) is 34.0 Å². The maximum absolute atomic E-state index is 12.4. The number of aromatic nitrogens is 2. The lowest BCUT2D eigenvalue weighted by molar-refractivity contribution is -0.136. The summed E-state index contributed by atoms with van der Waals surface area (Å²) in [6.07, 6.45) is 2.95. The molecule has 0 aliphatic carbocycles. The largest absolute Gasteiger partial charge is 0.454 e. The number of hydrogen-bond donors (Lipinski definition) is 1. The molecule has 1 amide bonds. The topological polar surface area (TPSA) is 90.3 Å². The van der Waals surface area contributed by atoms with Gasteiger partial charge in [0.1, 0.15) is 0 Å². The first-order valence-electron chi connectivity index (χ1n) is 11.0. The summed E-state index contributed by atoms with van der Waals surface area (Å²) in [4.78, 5) is 36.6. The van der Waals surface area contributed by atoms with Crippen LogP contribution in [0.15, 0.2) is 60.7 Å². The molecule has 2 aromatic carbocycles. The molecule has 0 fully saturated rings. The maximum atomic E-state index is 12.4. The highest BCUT2D eigenvalue weighted by Crippen LogP contribution is 2.20. The number of amides is 1. The number of aryl methyl sites for hydroxylation is 1. The highest BCUT2D eigenvalue weighted by Gasteiger charge is 2.21. The Balaban J connectivity index is 1.58. The Morgan fingerprint density at radius 1 is 1.00 bits per heavy atom. The maximum Gasteiger partial charge on any atom is 0.331 e. The summed E-state index contributed by atoms with van der Waals surface area (Å²) in [5.41, 5.74) is 3.88. The van der Waals surface area contributed by atoms with Crippen LogP contribution < -0.4 is 5.32 Å². The molecule has 0 aliphatic heterocycles. The van der Waals surface area contributed by atoms with Crippen LogP contribution in [0.25, 0.3) is 11.8 Å². The van der Waals surface area contributed by atoms with Crippen molar-refractivity contribution in [2.24, 2.45) is 5.41 Å². The number of ketones is 1. The molecule has 3 rings (SSSR count). The molecule has 0 spiro atoms. The van der Waals surface area contributed by atoms with E-state index >= 15 is 0 Å². The number of esters is 1. The number of carbonyl (C=O) groups is 3. The third kappa shape index (κ3) is 6.07. The number of nitrogens with zero attached hydrogens (tertiary/aromatic N) is 2. The van der Waals surface area contributed by atoms with Crippen LogP contribution in [0, 0.1) is 19.3 Å². The lowest BCUT2D eigenvalue weighted by Crippen LogP contribution is -2.27. The summed E-state index contributed by atoms with van der Waals surface area (Å²) >= 11 is 0. The average molecular weight is 460 g/mol. The van der Waals surface area contributed by atoms with E-state index in [1.807, 2.05) is 69.6 Å². The first kappa shape index (κ1) is 24.6. The van der Waals surface area contributed by atoms with Crippen LogP contribution in [-0.4, -0.2) is 34.0 Å². The zero-order valence-electron chi connectivity index (χ0n) is 20.1. The van der Waals surface area contributed by atoms with Crippen molar-refractivity contribution in [3.8, 4) is 5.69 Å². The standard InChI is InChI=1S/C27H29N3O4/c1-18-23(19(2)30(29-18)22-9-7-6-8-10-22)15-16-25(32)34-17-24(31)20-11-13-21(14-12-20)28-26(33)27(3,4)5/h6-16H,17H2,1-5H3,(H,28,33)/b16-15+. The first-order valence-corrected chi connectivity index (χ1v) is 11.0. The van der Waals surface area contributed by atoms with Crippen LogP contribution in [0.2, 0.25) is 0 Å². The molecule has 1 heterocycles. The smallest absolute Gasteiger partial charge is 0.331 e. The third-order valence-electron chi connectivity index (χ3n) is 5.23. The number of anilines is 1. The van der Waals surface area contributed by atoms with Crippen molar-refractivity contribution in [1.29, 1.82) is 0 Å². The third-order valence-corrected chi connectivity index (χ3v) is 5.23. The number of benzene rings is 2.